The normalized spacial score (nSPS) is 13.0. The Morgan fingerprint density at radius 2 is 1.73 bits per heavy atom. The molecule has 0 aliphatic heterocycles. The number of phenolic OH excluding ortho intramolecular Hbond substituents is 1. The first kappa shape index (κ1) is 28.6. The topological polar surface area (TPSA) is 108 Å². The van der Waals surface area contributed by atoms with Crippen LogP contribution in [0.15, 0.2) is 24.3 Å². The minimum Gasteiger partial charge on any atom is -0.508 e. The van der Waals surface area contributed by atoms with Gasteiger partial charge in [0.1, 0.15) is 23.4 Å². The van der Waals surface area contributed by atoms with Crippen LogP contribution in [-0.4, -0.2) is 58.4 Å². The predicted molar refractivity (Wildman–Crippen MR) is 132 cm³/mol. The number of phenols is 1. The molecule has 0 saturated heterocycles. The molecule has 33 heavy (non-hydrogen) atoms. The van der Waals surface area contributed by atoms with Gasteiger partial charge in [-0.15, -0.1) is 0 Å². The second-order valence-corrected chi connectivity index (χ2v) is 9.27. The Bertz CT molecular complexity index is 764. The van der Waals surface area contributed by atoms with Crippen molar-refractivity contribution in [3.05, 3.63) is 29.8 Å². The molecule has 0 aliphatic rings. The van der Waals surface area contributed by atoms with Crippen molar-refractivity contribution < 1.29 is 24.2 Å². The molecule has 1 rings (SSSR count). The Morgan fingerprint density at radius 3 is 2.24 bits per heavy atom. The quantitative estimate of drug-likeness (QED) is 0.268. The first-order chi connectivity index (χ1) is 15.5. The number of ether oxygens (including phenoxy) is 1. The number of rotatable bonds is 12. The third-order valence-electron chi connectivity index (χ3n) is 4.77. The van der Waals surface area contributed by atoms with Gasteiger partial charge in [0.2, 0.25) is 11.8 Å². The third-order valence-corrected chi connectivity index (χ3v) is 5.13. The third kappa shape index (κ3) is 9.94. The van der Waals surface area contributed by atoms with Gasteiger partial charge in [-0.05, 0) is 51.3 Å². The van der Waals surface area contributed by atoms with Gasteiger partial charge >= 0.3 is 6.09 Å². The van der Waals surface area contributed by atoms with Crippen molar-refractivity contribution in [2.45, 2.75) is 78.0 Å². The highest BCUT2D eigenvalue weighted by Gasteiger charge is 2.35. The lowest BCUT2D eigenvalue weighted by molar-refractivity contribution is -0.142. The van der Waals surface area contributed by atoms with Crippen molar-refractivity contribution in [2.24, 2.45) is 0 Å². The zero-order valence-electron chi connectivity index (χ0n) is 20.4. The highest BCUT2D eigenvalue weighted by Crippen LogP contribution is 2.25. The van der Waals surface area contributed by atoms with Gasteiger partial charge in [-0.2, -0.15) is 12.6 Å². The summed E-state index contributed by atoms with van der Waals surface area (Å²) < 4.78 is 5.28. The lowest BCUT2D eigenvalue weighted by Crippen LogP contribution is -2.54. The molecule has 3 N–H and O–H groups in total. The summed E-state index contributed by atoms with van der Waals surface area (Å²) in [5.41, 5.74) is -0.151. The van der Waals surface area contributed by atoms with Crippen molar-refractivity contribution >= 4 is 30.5 Å². The van der Waals surface area contributed by atoms with Gasteiger partial charge in [-0.3, -0.25) is 9.59 Å². The number of hydrogen-bond donors (Lipinski definition) is 4. The number of nitrogens with one attached hydrogen (secondary N) is 2. The number of benzene rings is 1. The SMILES string of the molecule is CCCCCNC(=O)C(c1ccc(O)cc1)N(CCC)C(=O)C(CS)NC(=O)OC(C)(C)C. The molecule has 0 aromatic heterocycles. The average molecular weight is 482 g/mol. The first-order valence-electron chi connectivity index (χ1n) is 11.5. The second kappa shape index (κ2) is 14.0. The van der Waals surface area contributed by atoms with Gasteiger partial charge in [-0.1, -0.05) is 38.8 Å². The van der Waals surface area contributed by atoms with E-state index in [0.29, 0.717) is 25.1 Å². The van der Waals surface area contributed by atoms with Crippen LogP contribution in [0, 0.1) is 0 Å². The number of thiol groups is 1. The van der Waals surface area contributed by atoms with Crippen LogP contribution in [0.4, 0.5) is 4.79 Å². The van der Waals surface area contributed by atoms with Gasteiger partial charge in [0.25, 0.3) is 0 Å². The summed E-state index contributed by atoms with van der Waals surface area (Å²) >= 11 is 4.25. The van der Waals surface area contributed by atoms with Gasteiger partial charge in [-0.25, -0.2) is 4.79 Å². The van der Waals surface area contributed by atoms with E-state index in [-0.39, 0.29) is 17.4 Å². The van der Waals surface area contributed by atoms with Crippen LogP contribution >= 0.6 is 12.6 Å². The predicted octanol–water partition coefficient (Wildman–Crippen LogP) is 3.80. The minimum atomic E-state index is -0.970. The number of amides is 3. The molecule has 2 atom stereocenters. The van der Waals surface area contributed by atoms with Crippen molar-refractivity contribution in [3.8, 4) is 5.75 Å². The van der Waals surface area contributed by atoms with E-state index < -0.39 is 29.7 Å². The van der Waals surface area contributed by atoms with E-state index in [2.05, 4.69) is 30.2 Å². The number of carbonyl (C=O) groups excluding carboxylic acids is 3. The number of unbranched alkanes of at least 4 members (excludes halogenated alkanes) is 2. The molecular formula is C24H39N3O5S. The van der Waals surface area contributed by atoms with Crippen LogP contribution in [0.1, 0.15) is 71.9 Å². The maximum absolute atomic E-state index is 13.5. The number of carbonyl (C=O) groups is 3. The van der Waals surface area contributed by atoms with Crippen LogP contribution in [0.25, 0.3) is 0 Å². The summed E-state index contributed by atoms with van der Waals surface area (Å²) in [5.74, 6) is -0.638. The van der Waals surface area contributed by atoms with E-state index >= 15 is 0 Å². The number of alkyl carbamates (subject to hydrolysis) is 1. The Labute approximate surface area is 202 Å². The van der Waals surface area contributed by atoms with Crippen molar-refractivity contribution in [3.63, 3.8) is 0 Å². The fraction of sp³-hybridized carbons (Fsp3) is 0.625. The standard InChI is InChI=1S/C24H39N3O5S/c1-6-8-9-14-25-21(29)20(17-10-12-18(28)13-11-17)27(15-7-2)22(30)19(16-33)26-23(31)32-24(3,4)5/h10-13,19-20,28,33H,6-9,14-16H2,1-5H3,(H,25,29)(H,26,31). The molecular weight excluding hydrogens is 442 g/mol. The van der Waals surface area contributed by atoms with Crippen LogP contribution in [0.2, 0.25) is 0 Å². The van der Waals surface area contributed by atoms with Crippen LogP contribution in [-0.2, 0) is 14.3 Å². The molecule has 1 aromatic carbocycles. The number of nitrogens with zero attached hydrogens (tertiary/aromatic N) is 1. The summed E-state index contributed by atoms with van der Waals surface area (Å²) in [6, 6.07) is 4.33. The Hall–Kier alpha value is -2.42. The molecule has 2 unspecified atom stereocenters. The fourth-order valence-corrected chi connectivity index (χ4v) is 3.50. The molecule has 0 radical (unpaired) electrons. The summed E-state index contributed by atoms with van der Waals surface area (Å²) in [6.45, 7) is 9.99. The van der Waals surface area contributed by atoms with Crippen molar-refractivity contribution in [2.75, 3.05) is 18.8 Å². The van der Waals surface area contributed by atoms with Crippen molar-refractivity contribution in [1.82, 2.24) is 15.5 Å². The Morgan fingerprint density at radius 1 is 1.09 bits per heavy atom. The van der Waals surface area contributed by atoms with E-state index in [1.165, 1.54) is 17.0 Å². The monoisotopic (exact) mass is 481 g/mol. The Balaban J connectivity index is 3.21. The smallest absolute Gasteiger partial charge is 0.408 e. The summed E-state index contributed by atoms with van der Waals surface area (Å²) in [6.07, 6.45) is 2.73. The van der Waals surface area contributed by atoms with Crippen molar-refractivity contribution in [1.29, 1.82) is 0 Å². The van der Waals surface area contributed by atoms with E-state index in [9.17, 15) is 19.5 Å². The largest absolute Gasteiger partial charge is 0.508 e. The highest BCUT2D eigenvalue weighted by molar-refractivity contribution is 7.80. The molecule has 0 saturated carbocycles. The summed E-state index contributed by atoms with van der Waals surface area (Å²) in [4.78, 5) is 40.5. The molecule has 0 bridgehead atoms. The number of hydrogen-bond acceptors (Lipinski definition) is 6. The van der Waals surface area contributed by atoms with Crippen LogP contribution < -0.4 is 10.6 Å². The summed E-state index contributed by atoms with van der Waals surface area (Å²) in [7, 11) is 0. The van der Waals surface area contributed by atoms with E-state index in [1.807, 2.05) is 6.92 Å². The number of aromatic hydroxyl groups is 1. The Kier molecular flexibility index (Phi) is 12.1. The minimum absolute atomic E-state index is 0.0404. The first-order valence-corrected chi connectivity index (χ1v) is 12.1. The van der Waals surface area contributed by atoms with Crippen LogP contribution in [0.3, 0.4) is 0 Å². The van der Waals surface area contributed by atoms with E-state index in [4.69, 9.17) is 4.74 Å². The lowest BCUT2D eigenvalue weighted by atomic mass is 10.0. The molecule has 0 aliphatic carbocycles. The summed E-state index contributed by atoms with van der Waals surface area (Å²) in [5, 5.41) is 15.2. The molecule has 9 heteroatoms. The van der Waals surface area contributed by atoms with E-state index in [1.54, 1.807) is 32.9 Å². The highest BCUT2D eigenvalue weighted by atomic mass is 32.1. The zero-order valence-corrected chi connectivity index (χ0v) is 21.3. The van der Waals surface area contributed by atoms with Gasteiger partial charge in [0, 0.05) is 18.8 Å². The molecule has 0 fully saturated rings. The maximum atomic E-state index is 13.5. The molecule has 0 spiro atoms. The molecule has 0 heterocycles. The van der Waals surface area contributed by atoms with Crippen LogP contribution in [0.5, 0.6) is 5.75 Å². The molecule has 3 amide bonds. The second-order valence-electron chi connectivity index (χ2n) is 8.91. The van der Waals surface area contributed by atoms with Gasteiger partial charge in [0.15, 0.2) is 0 Å². The maximum Gasteiger partial charge on any atom is 0.408 e. The van der Waals surface area contributed by atoms with E-state index in [0.717, 1.165) is 19.3 Å². The zero-order chi connectivity index (χ0) is 25.0. The lowest BCUT2D eigenvalue weighted by Gasteiger charge is -2.34. The fourth-order valence-electron chi connectivity index (χ4n) is 3.26. The molecule has 8 nitrogen and oxygen atoms in total. The average Bonchev–Trinajstić information content (AvgIpc) is 2.74. The van der Waals surface area contributed by atoms with Gasteiger partial charge in [0.05, 0.1) is 0 Å². The van der Waals surface area contributed by atoms with Gasteiger partial charge < -0.3 is 25.4 Å². The molecule has 186 valence electrons. The molecule has 1 aromatic rings.